The van der Waals surface area contributed by atoms with Gasteiger partial charge in [0.2, 0.25) is 10.0 Å². The summed E-state index contributed by atoms with van der Waals surface area (Å²) in [5, 5.41) is 5.39. The number of urea groups is 1. The zero-order valence-electron chi connectivity index (χ0n) is 9.93. The third-order valence-electron chi connectivity index (χ3n) is 2.38. The maximum absolute atomic E-state index is 11.6. The molecule has 2 rings (SSSR count). The maximum Gasteiger partial charge on any atom is 0.319 e. The largest absolute Gasteiger partial charge is 0.335 e. The number of nitrogens with one attached hydrogen (secondary N) is 3. The first-order valence-electron chi connectivity index (χ1n) is 5.58. The van der Waals surface area contributed by atoms with Crippen LogP contribution in [0.1, 0.15) is 12.8 Å². The molecule has 7 heteroatoms. The zero-order valence-corrected chi connectivity index (χ0v) is 10.8. The fourth-order valence-corrected chi connectivity index (χ4v) is 2.03. The van der Waals surface area contributed by atoms with Gasteiger partial charge in [-0.2, -0.15) is 0 Å². The fourth-order valence-electron chi connectivity index (χ4n) is 1.45. The Morgan fingerprint density at radius 1 is 1.22 bits per heavy atom. The van der Waals surface area contributed by atoms with Gasteiger partial charge in [-0.25, -0.2) is 13.2 Å². The van der Waals surface area contributed by atoms with E-state index < -0.39 is 10.0 Å². The molecule has 0 heterocycles. The van der Waals surface area contributed by atoms with Crippen LogP contribution in [-0.4, -0.2) is 26.7 Å². The van der Waals surface area contributed by atoms with Gasteiger partial charge in [-0.1, -0.05) is 12.1 Å². The van der Waals surface area contributed by atoms with E-state index in [9.17, 15) is 13.2 Å². The van der Waals surface area contributed by atoms with Gasteiger partial charge in [0.15, 0.2) is 0 Å². The van der Waals surface area contributed by atoms with Crippen LogP contribution in [0.4, 0.5) is 16.2 Å². The number of amides is 2. The summed E-state index contributed by atoms with van der Waals surface area (Å²) in [6.45, 7) is 0. The average molecular weight is 269 g/mol. The van der Waals surface area contributed by atoms with Crippen molar-refractivity contribution < 1.29 is 13.2 Å². The molecule has 0 radical (unpaired) electrons. The van der Waals surface area contributed by atoms with E-state index in [1.807, 2.05) is 0 Å². The molecule has 0 spiro atoms. The summed E-state index contributed by atoms with van der Waals surface area (Å²) in [4.78, 5) is 11.6. The minimum atomic E-state index is -3.37. The van der Waals surface area contributed by atoms with E-state index in [2.05, 4.69) is 15.4 Å². The lowest BCUT2D eigenvalue weighted by molar-refractivity contribution is 0.251. The highest BCUT2D eigenvalue weighted by atomic mass is 32.2. The summed E-state index contributed by atoms with van der Waals surface area (Å²) >= 11 is 0. The lowest BCUT2D eigenvalue weighted by atomic mass is 10.3. The molecule has 3 N–H and O–H groups in total. The molecule has 1 saturated carbocycles. The van der Waals surface area contributed by atoms with E-state index in [0.29, 0.717) is 11.4 Å². The highest BCUT2D eigenvalue weighted by Gasteiger charge is 2.23. The van der Waals surface area contributed by atoms with Crippen LogP contribution in [0.2, 0.25) is 0 Å². The Kier molecular flexibility index (Phi) is 3.42. The van der Waals surface area contributed by atoms with Gasteiger partial charge >= 0.3 is 6.03 Å². The molecule has 0 aromatic heterocycles. The normalized spacial score (nSPS) is 14.9. The van der Waals surface area contributed by atoms with Gasteiger partial charge in [0.1, 0.15) is 0 Å². The Morgan fingerprint density at radius 3 is 2.39 bits per heavy atom. The highest BCUT2D eigenvalue weighted by molar-refractivity contribution is 7.92. The number of hydrogen-bond acceptors (Lipinski definition) is 3. The smallest absolute Gasteiger partial charge is 0.319 e. The molecule has 0 atom stereocenters. The van der Waals surface area contributed by atoms with E-state index in [1.54, 1.807) is 24.3 Å². The Labute approximate surface area is 106 Å². The third-order valence-corrected chi connectivity index (χ3v) is 2.97. The summed E-state index contributed by atoms with van der Waals surface area (Å²) < 4.78 is 24.7. The number of hydrogen-bond donors (Lipinski definition) is 3. The molecule has 1 aromatic carbocycles. The Hall–Kier alpha value is -1.76. The van der Waals surface area contributed by atoms with Crippen molar-refractivity contribution in [2.75, 3.05) is 16.3 Å². The van der Waals surface area contributed by atoms with Crippen LogP contribution < -0.4 is 15.4 Å². The van der Waals surface area contributed by atoms with Crippen LogP contribution in [0.25, 0.3) is 0 Å². The minimum Gasteiger partial charge on any atom is -0.335 e. The second-order valence-corrected chi connectivity index (χ2v) is 6.04. The molecule has 0 aliphatic heterocycles. The van der Waals surface area contributed by atoms with Crippen LogP contribution in [0.5, 0.6) is 0 Å². The number of carbonyl (C=O) groups is 1. The molecule has 18 heavy (non-hydrogen) atoms. The van der Waals surface area contributed by atoms with Crippen LogP contribution in [0.3, 0.4) is 0 Å². The molecular formula is C11H15N3O3S. The van der Waals surface area contributed by atoms with Gasteiger partial charge in [-0.15, -0.1) is 0 Å². The highest BCUT2D eigenvalue weighted by Crippen LogP contribution is 2.23. The van der Waals surface area contributed by atoms with Crippen molar-refractivity contribution in [1.29, 1.82) is 0 Å². The fraction of sp³-hybridized carbons (Fsp3) is 0.364. The lowest BCUT2D eigenvalue weighted by Crippen LogP contribution is -2.30. The molecular weight excluding hydrogens is 254 g/mol. The number of anilines is 2. The quantitative estimate of drug-likeness (QED) is 0.771. The van der Waals surface area contributed by atoms with E-state index >= 15 is 0 Å². The van der Waals surface area contributed by atoms with Crippen molar-refractivity contribution in [1.82, 2.24) is 5.32 Å². The third kappa shape index (κ3) is 3.92. The lowest BCUT2D eigenvalue weighted by Gasteiger charge is -2.12. The summed E-state index contributed by atoms with van der Waals surface area (Å²) in [6, 6.07) is 6.58. The predicted molar refractivity (Wildman–Crippen MR) is 70.1 cm³/mol. The predicted octanol–water partition coefficient (Wildman–Crippen LogP) is 1.34. The second-order valence-electron chi connectivity index (χ2n) is 4.29. The second kappa shape index (κ2) is 4.85. The molecule has 2 amide bonds. The van der Waals surface area contributed by atoms with Crippen molar-refractivity contribution >= 4 is 27.4 Å². The Morgan fingerprint density at radius 2 is 1.83 bits per heavy atom. The van der Waals surface area contributed by atoms with Crippen molar-refractivity contribution in [2.45, 2.75) is 18.9 Å². The molecule has 0 bridgehead atoms. The Bertz CT molecular complexity index is 552. The van der Waals surface area contributed by atoms with Gasteiger partial charge in [0.25, 0.3) is 0 Å². The number of para-hydroxylation sites is 2. The van der Waals surface area contributed by atoms with Crippen LogP contribution >= 0.6 is 0 Å². The molecule has 98 valence electrons. The van der Waals surface area contributed by atoms with Crippen LogP contribution in [-0.2, 0) is 10.0 Å². The average Bonchev–Trinajstić information content (AvgIpc) is 3.02. The molecule has 6 nitrogen and oxygen atoms in total. The van der Waals surface area contributed by atoms with Gasteiger partial charge in [-0.05, 0) is 25.0 Å². The number of benzene rings is 1. The van der Waals surface area contributed by atoms with Gasteiger partial charge < -0.3 is 10.6 Å². The van der Waals surface area contributed by atoms with Crippen molar-refractivity contribution in [3.63, 3.8) is 0 Å². The summed E-state index contributed by atoms with van der Waals surface area (Å²) in [7, 11) is -3.37. The summed E-state index contributed by atoms with van der Waals surface area (Å²) in [6.07, 6.45) is 3.06. The molecule has 1 aromatic rings. The van der Waals surface area contributed by atoms with Crippen LogP contribution in [0.15, 0.2) is 24.3 Å². The molecule has 0 unspecified atom stereocenters. The Balaban J connectivity index is 2.08. The topological polar surface area (TPSA) is 87.3 Å². The first-order chi connectivity index (χ1) is 8.44. The number of sulfonamides is 1. The SMILES string of the molecule is CS(=O)(=O)Nc1ccccc1NC(=O)NC1CC1. The zero-order chi connectivity index (χ0) is 13.2. The first kappa shape index (κ1) is 12.7. The van der Waals surface area contributed by atoms with Gasteiger partial charge in [-0.3, -0.25) is 4.72 Å². The molecule has 1 aliphatic carbocycles. The molecule has 1 fully saturated rings. The number of rotatable bonds is 4. The number of carbonyl (C=O) groups excluding carboxylic acids is 1. The molecule has 1 aliphatic rings. The minimum absolute atomic E-state index is 0.250. The van der Waals surface area contributed by atoms with E-state index in [0.717, 1.165) is 19.1 Å². The van der Waals surface area contributed by atoms with E-state index in [-0.39, 0.29) is 12.1 Å². The summed E-state index contributed by atoms with van der Waals surface area (Å²) in [5.74, 6) is 0. The van der Waals surface area contributed by atoms with Gasteiger partial charge in [0, 0.05) is 6.04 Å². The van der Waals surface area contributed by atoms with E-state index in [1.165, 1.54) is 0 Å². The maximum atomic E-state index is 11.6. The summed E-state index contributed by atoms with van der Waals surface area (Å²) in [5.41, 5.74) is 0.784. The van der Waals surface area contributed by atoms with Crippen LogP contribution in [0, 0.1) is 0 Å². The van der Waals surface area contributed by atoms with Crippen molar-refractivity contribution in [3.05, 3.63) is 24.3 Å². The van der Waals surface area contributed by atoms with Crippen molar-refractivity contribution in [3.8, 4) is 0 Å². The monoisotopic (exact) mass is 269 g/mol. The van der Waals surface area contributed by atoms with E-state index in [4.69, 9.17) is 0 Å². The molecule has 0 saturated heterocycles. The van der Waals surface area contributed by atoms with Crippen molar-refractivity contribution in [2.24, 2.45) is 0 Å². The first-order valence-corrected chi connectivity index (χ1v) is 7.47. The van der Waals surface area contributed by atoms with Gasteiger partial charge in [0.05, 0.1) is 17.6 Å². The standard InChI is InChI=1S/C11H15N3O3S/c1-18(16,17)14-10-5-3-2-4-9(10)13-11(15)12-8-6-7-8/h2-5,8,14H,6-7H2,1H3,(H2,12,13,15).